The van der Waals surface area contributed by atoms with E-state index in [1.165, 1.54) is 12.1 Å². The fraction of sp³-hybridized carbons (Fsp3) is 0. The number of ketones is 2. The minimum absolute atomic E-state index is 0.0108. The number of carbonyl (C=O) groups is 2. The highest BCUT2D eigenvalue weighted by Crippen LogP contribution is 2.46. The van der Waals surface area contributed by atoms with E-state index in [9.17, 15) is 19.8 Å². The molecule has 0 saturated heterocycles. The fourth-order valence-corrected chi connectivity index (χ4v) is 3.61. The third kappa shape index (κ3) is 2.49. The largest absolute Gasteiger partial charge is 0.507 e. The van der Waals surface area contributed by atoms with Crippen LogP contribution in [0.5, 0.6) is 23.0 Å². The van der Waals surface area contributed by atoms with Gasteiger partial charge in [0, 0.05) is 10.5 Å². The van der Waals surface area contributed by atoms with Gasteiger partial charge in [-0.15, -0.1) is 0 Å². The zero-order valence-electron chi connectivity index (χ0n) is 14.2. The van der Waals surface area contributed by atoms with Gasteiger partial charge in [-0.05, 0) is 34.1 Å². The van der Waals surface area contributed by atoms with Gasteiger partial charge in [-0.1, -0.05) is 18.2 Å². The van der Waals surface area contributed by atoms with Crippen molar-refractivity contribution < 1.29 is 24.5 Å². The summed E-state index contributed by atoms with van der Waals surface area (Å²) in [6, 6.07) is 11.0. The summed E-state index contributed by atoms with van der Waals surface area (Å²) in [4.78, 5) is 26.1. The Morgan fingerprint density at radius 3 is 1.93 bits per heavy atom. The summed E-state index contributed by atoms with van der Waals surface area (Å²) in [6.45, 7) is 0. The van der Waals surface area contributed by atoms with E-state index >= 15 is 0 Å². The number of para-hydroxylation sites is 1. The lowest BCUT2D eigenvalue weighted by Crippen LogP contribution is -2.24. The summed E-state index contributed by atoms with van der Waals surface area (Å²) >= 11 is 3.14. The molecule has 0 aromatic heterocycles. The Morgan fingerprint density at radius 1 is 0.786 bits per heavy atom. The molecule has 0 fully saturated rings. The molecule has 0 saturated carbocycles. The second-order valence-electron chi connectivity index (χ2n) is 6.17. The summed E-state index contributed by atoms with van der Waals surface area (Å²) in [6.07, 6.45) is 0. The minimum atomic E-state index is -0.729. The Morgan fingerprint density at radius 2 is 1.32 bits per heavy atom. The molecular weight excluding hydrogens is 428 g/mol. The van der Waals surface area contributed by atoms with Crippen LogP contribution in [-0.2, 0) is 0 Å². The topological polar surface area (TPSA) is 136 Å². The number of phenolic OH excluding ortho intramolecular Hbond substituents is 2. The molecule has 7 nitrogen and oxygen atoms in total. The minimum Gasteiger partial charge on any atom is -0.507 e. The molecule has 0 heterocycles. The van der Waals surface area contributed by atoms with E-state index in [2.05, 4.69) is 15.9 Å². The normalized spacial score (nSPS) is 12.5. The van der Waals surface area contributed by atoms with Crippen LogP contribution in [0.3, 0.4) is 0 Å². The van der Waals surface area contributed by atoms with Crippen LogP contribution in [0.4, 0.5) is 11.4 Å². The maximum Gasteiger partial charge on any atom is 0.200 e. The Labute approximate surface area is 167 Å². The Hall–Kier alpha value is -3.52. The summed E-state index contributed by atoms with van der Waals surface area (Å²) in [5.41, 5.74) is 11.0. The first-order valence-corrected chi connectivity index (χ1v) is 8.89. The van der Waals surface area contributed by atoms with Crippen molar-refractivity contribution in [2.75, 3.05) is 11.5 Å². The number of ether oxygens (including phenoxy) is 1. The molecule has 0 aliphatic heterocycles. The van der Waals surface area contributed by atoms with Crippen molar-refractivity contribution in [2.45, 2.75) is 0 Å². The molecule has 0 atom stereocenters. The van der Waals surface area contributed by atoms with Crippen molar-refractivity contribution in [3.05, 3.63) is 69.2 Å². The standard InChI is InChI=1S/C20H13BrN2O5/c21-9-6-10(24)13-15(17(9)22)19(26)14-11(25)7-12(18(23)16(14)20(13)27)28-8-4-2-1-3-5-8/h1-7,24-25H,22-23H2. The summed E-state index contributed by atoms with van der Waals surface area (Å²) < 4.78 is 5.91. The van der Waals surface area contributed by atoms with Crippen LogP contribution in [0.2, 0.25) is 0 Å². The highest BCUT2D eigenvalue weighted by Gasteiger charge is 2.39. The number of nitrogens with two attached hydrogens (primary N) is 2. The number of phenols is 2. The number of rotatable bonds is 2. The van der Waals surface area contributed by atoms with E-state index in [0.717, 1.165) is 0 Å². The Balaban J connectivity index is 1.95. The van der Waals surface area contributed by atoms with Crippen LogP contribution >= 0.6 is 15.9 Å². The Kier molecular flexibility index (Phi) is 4.01. The number of carbonyl (C=O) groups excluding carboxylic acids is 2. The predicted molar refractivity (Wildman–Crippen MR) is 106 cm³/mol. The molecule has 3 aromatic rings. The average molecular weight is 441 g/mol. The first-order valence-electron chi connectivity index (χ1n) is 8.10. The molecule has 0 radical (unpaired) electrons. The number of halogens is 1. The molecule has 0 spiro atoms. The number of aromatic hydroxyl groups is 2. The van der Waals surface area contributed by atoms with E-state index in [1.54, 1.807) is 30.3 Å². The van der Waals surface area contributed by atoms with E-state index in [-0.39, 0.29) is 43.9 Å². The van der Waals surface area contributed by atoms with Crippen LogP contribution in [0.15, 0.2) is 46.9 Å². The van der Waals surface area contributed by atoms with Crippen molar-refractivity contribution in [2.24, 2.45) is 0 Å². The van der Waals surface area contributed by atoms with Gasteiger partial charge in [0.05, 0.1) is 33.6 Å². The molecular formula is C20H13BrN2O5. The molecule has 6 N–H and O–H groups in total. The lowest BCUT2D eigenvalue weighted by Gasteiger charge is -2.23. The van der Waals surface area contributed by atoms with E-state index in [4.69, 9.17) is 16.2 Å². The van der Waals surface area contributed by atoms with Crippen LogP contribution in [0, 0.1) is 0 Å². The molecule has 0 amide bonds. The second kappa shape index (κ2) is 6.28. The number of fused-ring (bicyclic) bond motifs is 2. The predicted octanol–water partition coefficient (Wildman–Crippen LogP) is 3.59. The zero-order valence-corrected chi connectivity index (χ0v) is 15.8. The molecule has 28 heavy (non-hydrogen) atoms. The summed E-state index contributed by atoms with van der Waals surface area (Å²) in [7, 11) is 0. The zero-order chi connectivity index (χ0) is 20.2. The van der Waals surface area contributed by atoms with Crippen molar-refractivity contribution >= 4 is 38.9 Å². The fourth-order valence-electron chi connectivity index (χ4n) is 3.19. The quantitative estimate of drug-likeness (QED) is 0.276. The van der Waals surface area contributed by atoms with Crippen LogP contribution < -0.4 is 16.2 Å². The monoisotopic (exact) mass is 440 g/mol. The first kappa shape index (κ1) is 17.9. The number of anilines is 2. The van der Waals surface area contributed by atoms with Crippen LogP contribution in [-0.4, -0.2) is 21.8 Å². The molecule has 1 aliphatic carbocycles. The van der Waals surface area contributed by atoms with Gasteiger partial charge in [-0.2, -0.15) is 0 Å². The van der Waals surface area contributed by atoms with Gasteiger partial charge < -0.3 is 26.4 Å². The SMILES string of the molecule is Nc1c(Br)cc(O)c2c1C(=O)c1c(O)cc(Oc3ccccc3)c(N)c1C2=O. The lowest BCUT2D eigenvalue weighted by molar-refractivity contribution is 0.0975. The number of hydrogen-bond donors (Lipinski definition) is 4. The van der Waals surface area contributed by atoms with Gasteiger partial charge in [0.15, 0.2) is 5.75 Å². The maximum atomic E-state index is 13.1. The number of benzene rings is 3. The molecule has 3 aromatic carbocycles. The average Bonchev–Trinajstić information content (AvgIpc) is 2.66. The van der Waals surface area contributed by atoms with Gasteiger partial charge in [0.2, 0.25) is 11.6 Å². The van der Waals surface area contributed by atoms with Crippen molar-refractivity contribution in [3.8, 4) is 23.0 Å². The second-order valence-corrected chi connectivity index (χ2v) is 7.03. The third-order valence-corrected chi connectivity index (χ3v) is 5.14. The smallest absolute Gasteiger partial charge is 0.200 e. The van der Waals surface area contributed by atoms with Gasteiger partial charge >= 0.3 is 0 Å². The van der Waals surface area contributed by atoms with Gasteiger partial charge in [0.1, 0.15) is 17.2 Å². The highest BCUT2D eigenvalue weighted by molar-refractivity contribution is 9.10. The molecule has 8 heteroatoms. The van der Waals surface area contributed by atoms with Gasteiger partial charge in [-0.25, -0.2) is 0 Å². The van der Waals surface area contributed by atoms with Gasteiger partial charge in [-0.3, -0.25) is 9.59 Å². The lowest BCUT2D eigenvalue weighted by atomic mass is 9.81. The van der Waals surface area contributed by atoms with Crippen molar-refractivity contribution in [1.82, 2.24) is 0 Å². The molecule has 1 aliphatic rings. The number of hydrogen-bond acceptors (Lipinski definition) is 7. The van der Waals surface area contributed by atoms with Crippen LogP contribution in [0.25, 0.3) is 0 Å². The highest BCUT2D eigenvalue weighted by atomic mass is 79.9. The number of nitrogen functional groups attached to an aromatic ring is 2. The molecule has 4 rings (SSSR count). The van der Waals surface area contributed by atoms with E-state index in [1.807, 2.05) is 0 Å². The molecule has 140 valence electrons. The van der Waals surface area contributed by atoms with E-state index < -0.39 is 23.1 Å². The van der Waals surface area contributed by atoms with Crippen molar-refractivity contribution in [1.29, 1.82) is 0 Å². The Bertz CT molecular complexity index is 1180. The summed E-state index contributed by atoms with van der Waals surface area (Å²) in [5, 5.41) is 20.7. The summed E-state index contributed by atoms with van der Waals surface area (Å²) in [5.74, 6) is -1.90. The molecule has 0 bridgehead atoms. The first-order chi connectivity index (χ1) is 13.3. The van der Waals surface area contributed by atoms with Gasteiger partial charge in [0.25, 0.3) is 0 Å². The van der Waals surface area contributed by atoms with Crippen LogP contribution in [0.1, 0.15) is 31.8 Å². The third-order valence-electron chi connectivity index (χ3n) is 4.48. The maximum absolute atomic E-state index is 13.1. The molecule has 0 unspecified atom stereocenters. The van der Waals surface area contributed by atoms with E-state index in [0.29, 0.717) is 5.75 Å². The van der Waals surface area contributed by atoms with Crippen molar-refractivity contribution in [3.63, 3.8) is 0 Å².